The van der Waals surface area contributed by atoms with Gasteiger partial charge in [0, 0.05) is 19.8 Å². The molecule has 0 aliphatic rings. The van der Waals surface area contributed by atoms with Crippen molar-refractivity contribution in [2.45, 2.75) is 18.7 Å². The molecule has 0 aliphatic heterocycles. The Balaban J connectivity index is 2.08. The summed E-state index contributed by atoms with van der Waals surface area (Å²) in [6.45, 7) is 2.67. The Labute approximate surface area is 163 Å². The highest BCUT2D eigenvalue weighted by Crippen LogP contribution is 2.22. The molecule has 0 atom stereocenters. The Morgan fingerprint density at radius 3 is 2.36 bits per heavy atom. The van der Waals surface area contributed by atoms with E-state index in [-0.39, 0.29) is 16.1 Å². The van der Waals surface area contributed by atoms with Gasteiger partial charge in [0.1, 0.15) is 5.82 Å². The number of sulfonamides is 1. The molecule has 0 spiro atoms. The minimum atomic E-state index is -3.68. The van der Waals surface area contributed by atoms with Crippen molar-refractivity contribution >= 4 is 27.6 Å². The number of rotatable bonds is 6. The van der Waals surface area contributed by atoms with Gasteiger partial charge in [-0.05, 0) is 49.2 Å². The molecule has 0 bridgehead atoms. The summed E-state index contributed by atoms with van der Waals surface area (Å²) >= 11 is 0. The smallest absolute Gasteiger partial charge is 0.339 e. The molecule has 2 aromatic carbocycles. The van der Waals surface area contributed by atoms with Gasteiger partial charge in [0.05, 0.1) is 10.5 Å². The highest BCUT2D eigenvalue weighted by atomic mass is 32.2. The van der Waals surface area contributed by atoms with Crippen LogP contribution in [0, 0.1) is 19.7 Å². The Bertz CT molecular complexity index is 1020. The lowest BCUT2D eigenvalue weighted by Gasteiger charge is -2.15. The predicted octanol–water partition coefficient (Wildman–Crippen LogP) is 2.49. The van der Waals surface area contributed by atoms with Crippen LogP contribution in [-0.2, 0) is 19.6 Å². The number of hydrogen-bond acceptors (Lipinski definition) is 5. The van der Waals surface area contributed by atoms with Gasteiger partial charge in [-0.25, -0.2) is 21.9 Å². The molecule has 1 N–H and O–H groups in total. The van der Waals surface area contributed by atoms with Gasteiger partial charge in [-0.3, -0.25) is 4.79 Å². The molecule has 7 nitrogen and oxygen atoms in total. The molecule has 28 heavy (non-hydrogen) atoms. The van der Waals surface area contributed by atoms with Crippen LogP contribution in [0.25, 0.3) is 0 Å². The zero-order valence-electron chi connectivity index (χ0n) is 15.9. The monoisotopic (exact) mass is 408 g/mol. The Morgan fingerprint density at radius 2 is 1.71 bits per heavy atom. The number of nitrogens with one attached hydrogen (secondary N) is 1. The van der Waals surface area contributed by atoms with Crippen LogP contribution >= 0.6 is 0 Å². The predicted molar refractivity (Wildman–Crippen MR) is 102 cm³/mol. The summed E-state index contributed by atoms with van der Waals surface area (Å²) in [6.07, 6.45) is 0. The molecule has 0 heterocycles. The van der Waals surface area contributed by atoms with E-state index in [1.165, 1.54) is 32.3 Å². The van der Waals surface area contributed by atoms with Crippen molar-refractivity contribution < 1.29 is 27.1 Å². The Morgan fingerprint density at radius 1 is 1.07 bits per heavy atom. The summed E-state index contributed by atoms with van der Waals surface area (Å²) in [5.74, 6) is -2.07. The first kappa shape index (κ1) is 21.5. The fraction of sp³-hybridized carbons (Fsp3) is 0.263. The van der Waals surface area contributed by atoms with E-state index in [0.29, 0.717) is 11.1 Å². The molecule has 2 rings (SSSR count). The topological polar surface area (TPSA) is 92.8 Å². The van der Waals surface area contributed by atoms with Crippen molar-refractivity contribution in [2.24, 2.45) is 0 Å². The first-order valence-corrected chi connectivity index (χ1v) is 9.72. The van der Waals surface area contributed by atoms with Crippen molar-refractivity contribution in [3.8, 4) is 0 Å². The van der Waals surface area contributed by atoms with Gasteiger partial charge in [0.15, 0.2) is 6.61 Å². The number of amides is 1. The summed E-state index contributed by atoms with van der Waals surface area (Å²) in [5.41, 5.74) is 1.32. The van der Waals surface area contributed by atoms with Gasteiger partial charge in [0.2, 0.25) is 10.0 Å². The second kappa shape index (κ2) is 8.49. The molecule has 1 amide bonds. The van der Waals surface area contributed by atoms with Gasteiger partial charge < -0.3 is 10.1 Å². The second-order valence-corrected chi connectivity index (χ2v) is 8.47. The van der Waals surface area contributed by atoms with Crippen LogP contribution in [0.5, 0.6) is 0 Å². The van der Waals surface area contributed by atoms with Crippen LogP contribution in [0.15, 0.2) is 41.3 Å². The minimum Gasteiger partial charge on any atom is -0.452 e. The van der Waals surface area contributed by atoms with E-state index in [2.05, 4.69) is 5.32 Å². The maximum atomic E-state index is 13.3. The normalized spacial score (nSPS) is 11.4. The van der Waals surface area contributed by atoms with E-state index in [9.17, 15) is 22.4 Å². The van der Waals surface area contributed by atoms with Crippen LogP contribution in [0.2, 0.25) is 0 Å². The highest BCUT2D eigenvalue weighted by Gasteiger charge is 2.20. The molecule has 150 valence electrons. The first-order valence-electron chi connectivity index (χ1n) is 8.28. The summed E-state index contributed by atoms with van der Waals surface area (Å²) < 4.78 is 43.9. The number of halogens is 1. The maximum Gasteiger partial charge on any atom is 0.339 e. The first-order chi connectivity index (χ1) is 13.0. The van der Waals surface area contributed by atoms with Crippen LogP contribution < -0.4 is 5.32 Å². The molecule has 9 heteroatoms. The van der Waals surface area contributed by atoms with Gasteiger partial charge in [-0.2, -0.15) is 0 Å². The molecule has 0 fully saturated rings. The van der Waals surface area contributed by atoms with Crippen LogP contribution in [-0.4, -0.2) is 45.3 Å². The van der Waals surface area contributed by atoms with Crippen LogP contribution in [0.4, 0.5) is 10.1 Å². The summed E-state index contributed by atoms with van der Waals surface area (Å²) in [4.78, 5) is 24.1. The molecule has 0 aliphatic carbocycles. The third-order valence-electron chi connectivity index (χ3n) is 3.98. The highest BCUT2D eigenvalue weighted by molar-refractivity contribution is 7.89. The van der Waals surface area contributed by atoms with Gasteiger partial charge in [-0.1, -0.05) is 12.1 Å². The molecule has 0 aromatic heterocycles. The SMILES string of the molecule is Cc1ccc(F)cc1C(=O)OCC(=O)Nc1ccc(C)c(S(=O)(=O)N(C)C)c1. The van der Waals surface area contributed by atoms with Crippen LogP contribution in [0.3, 0.4) is 0 Å². The minimum absolute atomic E-state index is 0.0301. The fourth-order valence-electron chi connectivity index (χ4n) is 2.37. The zero-order chi connectivity index (χ0) is 21.1. The van der Waals surface area contributed by atoms with E-state index in [1.807, 2.05) is 0 Å². The van der Waals surface area contributed by atoms with Crippen molar-refractivity contribution in [1.29, 1.82) is 0 Å². The van der Waals surface area contributed by atoms with E-state index in [0.717, 1.165) is 10.4 Å². The van der Waals surface area contributed by atoms with Crippen molar-refractivity contribution in [1.82, 2.24) is 4.31 Å². The molecule has 2 aromatic rings. The van der Waals surface area contributed by atoms with Gasteiger partial charge in [-0.15, -0.1) is 0 Å². The largest absolute Gasteiger partial charge is 0.452 e. The lowest BCUT2D eigenvalue weighted by Crippen LogP contribution is -2.24. The lowest BCUT2D eigenvalue weighted by molar-refractivity contribution is -0.119. The Hall–Kier alpha value is -2.78. The van der Waals surface area contributed by atoms with Crippen molar-refractivity contribution in [3.05, 3.63) is 58.9 Å². The molecule has 0 unspecified atom stereocenters. The van der Waals surface area contributed by atoms with E-state index in [4.69, 9.17) is 4.74 Å². The van der Waals surface area contributed by atoms with Gasteiger partial charge in [0.25, 0.3) is 5.91 Å². The van der Waals surface area contributed by atoms with Gasteiger partial charge >= 0.3 is 5.97 Å². The quantitative estimate of drug-likeness (QED) is 0.742. The molecular weight excluding hydrogens is 387 g/mol. The van der Waals surface area contributed by atoms with E-state index >= 15 is 0 Å². The number of carbonyl (C=O) groups excluding carboxylic acids is 2. The summed E-state index contributed by atoms with van der Waals surface area (Å²) in [5, 5.41) is 2.48. The molecule has 0 radical (unpaired) electrons. The van der Waals surface area contributed by atoms with Crippen molar-refractivity contribution in [3.63, 3.8) is 0 Å². The number of ether oxygens (including phenoxy) is 1. The Kier molecular flexibility index (Phi) is 6.52. The number of carbonyl (C=O) groups is 2. The standard InChI is InChI=1S/C19H21FN2O5S/c1-12-5-7-14(20)9-16(12)19(24)27-11-18(23)21-15-8-6-13(2)17(10-15)28(25,26)22(3)4/h5-10H,11H2,1-4H3,(H,21,23). The number of esters is 1. The number of benzene rings is 2. The van der Waals surface area contributed by atoms with Crippen molar-refractivity contribution in [2.75, 3.05) is 26.0 Å². The number of nitrogens with zero attached hydrogens (tertiary/aromatic N) is 1. The third kappa shape index (κ3) is 4.93. The average Bonchev–Trinajstić information content (AvgIpc) is 2.63. The molecule has 0 saturated heterocycles. The fourth-order valence-corrected chi connectivity index (χ4v) is 3.52. The average molecular weight is 408 g/mol. The summed E-state index contributed by atoms with van der Waals surface area (Å²) in [6, 6.07) is 8.13. The summed E-state index contributed by atoms with van der Waals surface area (Å²) in [7, 11) is -0.854. The molecular formula is C19H21FN2O5S. The van der Waals surface area contributed by atoms with Crippen LogP contribution in [0.1, 0.15) is 21.5 Å². The zero-order valence-corrected chi connectivity index (χ0v) is 16.8. The number of hydrogen-bond donors (Lipinski definition) is 1. The number of anilines is 1. The lowest BCUT2D eigenvalue weighted by atomic mass is 10.1. The molecule has 0 saturated carbocycles. The maximum absolute atomic E-state index is 13.3. The van der Waals surface area contributed by atoms with E-state index in [1.54, 1.807) is 26.0 Å². The van der Waals surface area contributed by atoms with E-state index < -0.39 is 34.3 Å². The number of aryl methyl sites for hydroxylation is 2. The second-order valence-electron chi connectivity index (χ2n) is 6.35. The third-order valence-corrected chi connectivity index (χ3v) is 5.94.